The van der Waals surface area contributed by atoms with Gasteiger partial charge in [0, 0.05) is 0 Å². The van der Waals surface area contributed by atoms with Crippen molar-refractivity contribution < 1.29 is 34.0 Å². The van der Waals surface area contributed by atoms with Gasteiger partial charge in [0.25, 0.3) is 0 Å². The molecule has 0 radical (unpaired) electrons. The van der Waals surface area contributed by atoms with E-state index in [0.717, 1.165) is 0 Å². The molecule has 1 rings (SSSR count). The molecule has 25 heavy (non-hydrogen) atoms. The Labute approximate surface area is 151 Å². The van der Waals surface area contributed by atoms with Crippen LogP contribution in [0.3, 0.4) is 0 Å². The molecule has 1 fully saturated rings. The highest BCUT2D eigenvalue weighted by Gasteiger charge is 2.47. The van der Waals surface area contributed by atoms with Crippen molar-refractivity contribution in [2.75, 3.05) is 6.61 Å². The minimum absolute atomic E-state index is 0.0249. The van der Waals surface area contributed by atoms with E-state index in [9.17, 15) is 20.1 Å². The maximum atomic E-state index is 12.0. The molecule has 3 N–H and O–H groups in total. The van der Waals surface area contributed by atoms with E-state index in [2.05, 4.69) is 33.9 Å². The standard InChI is InChI=1S/C17H34O7Si/c1-16(2,3)15(21)24-14-13(20)12(19)11(18)10(23-14)9-22-25(7,8)17(4,5)6/h10-14,18-20H,9H2,1-8H3/t10-,11?,12?,13?,14-/m1/s1. The summed E-state index contributed by atoms with van der Waals surface area (Å²) in [6, 6.07) is 0. The number of aliphatic hydroxyl groups is 3. The third-order valence-electron chi connectivity index (χ3n) is 4.92. The molecule has 0 spiro atoms. The molecular formula is C17H34O7Si. The van der Waals surface area contributed by atoms with Gasteiger partial charge in [-0.25, -0.2) is 0 Å². The third-order valence-corrected chi connectivity index (χ3v) is 9.42. The molecule has 0 amide bonds. The Balaban J connectivity index is 2.82. The minimum Gasteiger partial charge on any atom is -0.432 e. The zero-order valence-electron chi connectivity index (χ0n) is 16.6. The Morgan fingerprint density at radius 1 is 1.00 bits per heavy atom. The van der Waals surface area contributed by atoms with E-state index >= 15 is 0 Å². The molecule has 0 saturated carbocycles. The number of carbonyl (C=O) groups is 1. The van der Waals surface area contributed by atoms with Gasteiger partial charge in [-0.1, -0.05) is 20.8 Å². The van der Waals surface area contributed by atoms with E-state index in [1.54, 1.807) is 20.8 Å². The van der Waals surface area contributed by atoms with Crippen LogP contribution in [0.4, 0.5) is 0 Å². The summed E-state index contributed by atoms with van der Waals surface area (Å²) in [4.78, 5) is 12.0. The molecule has 148 valence electrons. The van der Waals surface area contributed by atoms with Gasteiger partial charge in [-0.3, -0.25) is 4.79 Å². The molecule has 0 aromatic rings. The van der Waals surface area contributed by atoms with E-state index < -0.39 is 50.4 Å². The van der Waals surface area contributed by atoms with Gasteiger partial charge in [0.15, 0.2) is 8.32 Å². The summed E-state index contributed by atoms with van der Waals surface area (Å²) in [5, 5.41) is 30.3. The average molecular weight is 379 g/mol. The number of esters is 1. The van der Waals surface area contributed by atoms with Crippen LogP contribution in [0.15, 0.2) is 0 Å². The van der Waals surface area contributed by atoms with Gasteiger partial charge in [-0.2, -0.15) is 0 Å². The Hall–Kier alpha value is -0.513. The fraction of sp³-hybridized carbons (Fsp3) is 0.941. The van der Waals surface area contributed by atoms with E-state index in [1.807, 2.05) is 0 Å². The van der Waals surface area contributed by atoms with Crippen molar-refractivity contribution in [1.29, 1.82) is 0 Å². The normalized spacial score (nSPS) is 31.7. The largest absolute Gasteiger partial charge is 0.432 e. The van der Waals surface area contributed by atoms with Gasteiger partial charge in [-0.05, 0) is 38.9 Å². The molecule has 3 unspecified atom stereocenters. The van der Waals surface area contributed by atoms with E-state index in [0.29, 0.717) is 0 Å². The summed E-state index contributed by atoms with van der Waals surface area (Å²) in [7, 11) is -2.08. The van der Waals surface area contributed by atoms with Crippen LogP contribution in [-0.4, -0.2) is 66.9 Å². The minimum atomic E-state index is -2.08. The van der Waals surface area contributed by atoms with Gasteiger partial charge < -0.3 is 29.2 Å². The second-order valence-electron chi connectivity index (χ2n) is 9.24. The van der Waals surface area contributed by atoms with Gasteiger partial charge in [0.2, 0.25) is 6.29 Å². The first-order valence-electron chi connectivity index (χ1n) is 8.62. The van der Waals surface area contributed by atoms with Gasteiger partial charge in [0.05, 0.1) is 12.0 Å². The lowest BCUT2D eigenvalue weighted by atomic mass is 9.96. The first kappa shape index (κ1) is 22.5. The van der Waals surface area contributed by atoms with Crippen LogP contribution in [0.5, 0.6) is 0 Å². The molecule has 1 saturated heterocycles. The summed E-state index contributed by atoms with van der Waals surface area (Å²) in [5.41, 5.74) is -0.781. The number of hydrogen-bond donors (Lipinski definition) is 3. The Morgan fingerprint density at radius 2 is 1.52 bits per heavy atom. The lowest BCUT2D eigenvalue weighted by molar-refractivity contribution is -0.294. The molecule has 5 atom stereocenters. The SMILES string of the molecule is CC(C)(C)C(=O)O[C@H]1O[C@H](CO[Si](C)(C)C(C)(C)C)C(O)C(O)C1O. The summed E-state index contributed by atoms with van der Waals surface area (Å²) >= 11 is 0. The predicted octanol–water partition coefficient (Wildman–Crippen LogP) is 1.41. The molecule has 0 bridgehead atoms. The number of aliphatic hydroxyl groups excluding tert-OH is 3. The third kappa shape index (κ3) is 5.48. The van der Waals surface area contributed by atoms with Crippen LogP contribution in [-0.2, 0) is 18.7 Å². The van der Waals surface area contributed by atoms with Crippen molar-refractivity contribution in [1.82, 2.24) is 0 Å². The Bertz CT molecular complexity index is 467. The van der Waals surface area contributed by atoms with Crippen LogP contribution in [0.25, 0.3) is 0 Å². The molecule has 7 nitrogen and oxygen atoms in total. The number of ether oxygens (including phenoxy) is 2. The molecule has 0 aromatic heterocycles. The molecule has 0 aromatic carbocycles. The van der Waals surface area contributed by atoms with Crippen LogP contribution in [0.1, 0.15) is 41.5 Å². The molecule has 1 aliphatic heterocycles. The van der Waals surface area contributed by atoms with Gasteiger partial charge in [0.1, 0.15) is 24.4 Å². The predicted molar refractivity (Wildman–Crippen MR) is 95.4 cm³/mol. The highest BCUT2D eigenvalue weighted by atomic mass is 28.4. The van der Waals surface area contributed by atoms with Crippen molar-refractivity contribution in [3.63, 3.8) is 0 Å². The zero-order chi connectivity index (χ0) is 19.8. The van der Waals surface area contributed by atoms with Crippen molar-refractivity contribution in [3.8, 4) is 0 Å². The summed E-state index contributed by atoms with van der Waals surface area (Å²) < 4.78 is 16.8. The van der Waals surface area contributed by atoms with Crippen LogP contribution in [0, 0.1) is 5.41 Å². The average Bonchev–Trinajstić information content (AvgIpc) is 2.44. The van der Waals surface area contributed by atoms with Crippen molar-refractivity contribution in [3.05, 3.63) is 0 Å². The van der Waals surface area contributed by atoms with E-state index in [-0.39, 0.29) is 11.6 Å². The monoisotopic (exact) mass is 378 g/mol. The lowest BCUT2D eigenvalue weighted by Gasteiger charge is -2.42. The number of rotatable bonds is 4. The molecule has 8 heteroatoms. The van der Waals surface area contributed by atoms with Crippen molar-refractivity contribution >= 4 is 14.3 Å². The quantitative estimate of drug-likeness (QED) is 0.502. The summed E-state index contributed by atoms with van der Waals surface area (Å²) in [6.45, 7) is 15.5. The van der Waals surface area contributed by atoms with Crippen molar-refractivity contribution in [2.45, 2.75) is 90.4 Å². The lowest BCUT2D eigenvalue weighted by Crippen LogP contribution is -2.60. The first-order chi connectivity index (χ1) is 11.1. The second kappa shape index (κ2) is 7.62. The highest BCUT2D eigenvalue weighted by molar-refractivity contribution is 6.74. The fourth-order valence-corrected chi connectivity index (χ4v) is 2.95. The Kier molecular flexibility index (Phi) is 6.86. The molecule has 0 aliphatic carbocycles. The number of carbonyl (C=O) groups excluding carboxylic acids is 1. The van der Waals surface area contributed by atoms with Gasteiger partial charge in [-0.15, -0.1) is 0 Å². The topological polar surface area (TPSA) is 105 Å². The van der Waals surface area contributed by atoms with Gasteiger partial charge >= 0.3 is 5.97 Å². The maximum absolute atomic E-state index is 12.0. The summed E-state index contributed by atoms with van der Waals surface area (Å²) in [6.07, 6.45) is -6.59. The molecule has 1 heterocycles. The zero-order valence-corrected chi connectivity index (χ0v) is 17.6. The van der Waals surface area contributed by atoms with Crippen LogP contribution >= 0.6 is 0 Å². The van der Waals surface area contributed by atoms with Crippen LogP contribution in [0.2, 0.25) is 18.1 Å². The number of hydrogen-bond acceptors (Lipinski definition) is 7. The fourth-order valence-electron chi connectivity index (χ4n) is 1.94. The molecular weight excluding hydrogens is 344 g/mol. The second-order valence-corrected chi connectivity index (χ2v) is 14.1. The van der Waals surface area contributed by atoms with E-state index in [4.69, 9.17) is 13.9 Å². The van der Waals surface area contributed by atoms with Crippen molar-refractivity contribution in [2.24, 2.45) is 5.41 Å². The maximum Gasteiger partial charge on any atom is 0.313 e. The smallest absolute Gasteiger partial charge is 0.313 e. The highest BCUT2D eigenvalue weighted by Crippen LogP contribution is 2.37. The van der Waals surface area contributed by atoms with Crippen LogP contribution < -0.4 is 0 Å². The summed E-state index contributed by atoms with van der Waals surface area (Å²) in [5.74, 6) is -0.566. The molecule has 1 aliphatic rings. The Morgan fingerprint density at radius 3 is 1.96 bits per heavy atom. The van der Waals surface area contributed by atoms with E-state index in [1.165, 1.54) is 0 Å². The first-order valence-corrected chi connectivity index (χ1v) is 11.5.